The van der Waals surface area contributed by atoms with Crippen molar-refractivity contribution in [3.05, 3.63) is 53.1 Å². The van der Waals surface area contributed by atoms with E-state index in [9.17, 15) is 0 Å². The fourth-order valence-electron chi connectivity index (χ4n) is 2.14. The monoisotopic (exact) mass is 199 g/mol. The lowest BCUT2D eigenvalue weighted by Crippen LogP contribution is -2.03. The highest BCUT2D eigenvalue weighted by Crippen LogP contribution is 2.32. The summed E-state index contributed by atoms with van der Waals surface area (Å²) in [5.41, 5.74) is 10.7. The molecule has 2 rings (SSSR count). The summed E-state index contributed by atoms with van der Waals surface area (Å²) >= 11 is 0. The molecule has 0 radical (unpaired) electrons. The Labute approximate surface area is 91.3 Å². The maximum atomic E-state index is 5.69. The third-order valence-corrected chi connectivity index (χ3v) is 3.02. The van der Waals surface area contributed by atoms with Gasteiger partial charge in [0.1, 0.15) is 0 Å². The molecule has 0 bridgehead atoms. The number of rotatable bonds is 1. The van der Waals surface area contributed by atoms with E-state index in [0.717, 1.165) is 12.1 Å². The van der Waals surface area contributed by atoms with Crippen LogP contribution in [0.3, 0.4) is 0 Å². The summed E-state index contributed by atoms with van der Waals surface area (Å²) in [6.45, 7) is 4.36. The van der Waals surface area contributed by atoms with Crippen molar-refractivity contribution in [2.24, 2.45) is 0 Å². The van der Waals surface area contributed by atoms with Gasteiger partial charge in [-0.15, -0.1) is 0 Å². The minimum absolute atomic E-state index is 0.536. The van der Waals surface area contributed by atoms with Crippen LogP contribution in [0.5, 0.6) is 0 Å². The average molecular weight is 199 g/mol. The normalized spacial score (nSPS) is 20.8. The van der Waals surface area contributed by atoms with Crippen LogP contribution in [0, 0.1) is 0 Å². The van der Waals surface area contributed by atoms with E-state index in [-0.39, 0.29) is 0 Å². The van der Waals surface area contributed by atoms with Crippen LogP contribution >= 0.6 is 0 Å². The SMILES string of the molecule is CC1=CCC(c2ccc(N)cc2)C(C)=C1. The van der Waals surface area contributed by atoms with Crippen LogP contribution in [0.1, 0.15) is 31.7 Å². The second-order valence-corrected chi connectivity index (χ2v) is 4.29. The molecule has 0 aliphatic heterocycles. The first-order valence-corrected chi connectivity index (χ1v) is 5.37. The van der Waals surface area contributed by atoms with Crippen molar-refractivity contribution in [3.8, 4) is 0 Å². The molecule has 1 aromatic rings. The van der Waals surface area contributed by atoms with Gasteiger partial charge in [-0.1, -0.05) is 35.4 Å². The Balaban J connectivity index is 2.27. The first-order chi connectivity index (χ1) is 7.16. The van der Waals surface area contributed by atoms with E-state index in [1.54, 1.807) is 0 Å². The highest BCUT2D eigenvalue weighted by atomic mass is 14.5. The number of hydrogen-bond donors (Lipinski definition) is 1. The molecule has 1 heteroatoms. The van der Waals surface area contributed by atoms with Crippen LogP contribution < -0.4 is 5.73 Å². The van der Waals surface area contributed by atoms with Crippen LogP contribution in [-0.4, -0.2) is 0 Å². The summed E-state index contributed by atoms with van der Waals surface area (Å²) in [7, 11) is 0. The maximum absolute atomic E-state index is 5.69. The third kappa shape index (κ3) is 2.12. The maximum Gasteiger partial charge on any atom is 0.0314 e. The van der Waals surface area contributed by atoms with Crippen LogP contribution in [0.25, 0.3) is 0 Å². The van der Waals surface area contributed by atoms with Gasteiger partial charge >= 0.3 is 0 Å². The summed E-state index contributed by atoms with van der Waals surface area (Å²) in [6, 6.07) is 8.22. The largest absolute Gasteiger partial charge is 0.399 e. The number of anilines is 1. The van der Waals surface area contributed by atoms with E-state index >= 15 is 0 Å². The Morgan fingerprint density at radius 2 is 1.80 bits per heavy atom. The van der Waals surface area contributed by atoms with Crippen molar-refractivity contribution in [1.29, 1.82) is 0 Å². The van der Waals surface area contributed by atoms with Crippen molar-refractivity contribution >= 4 is 5.69 Å². The Kier molecular flexibility index (Phi) is 2.63. The summed E-state index contributed by atoms with van der Waals surface area (Å²) in [4.78, 5) is 0. The second-order valence-electron chi connectivity index (χ2n) is 4.29. The summed E-state index contributed by atoms with van der Waals surface area (Å²) in [6.07, 6.45) is 5.68. The highest BCUT2D eigenvalue weighted by Gasteiger charge is 2.15. The van der Waals surface area contributed by atoms with Gasteiger partial charge in [-0.2, -0.15) is 0 Å². The van der Waals surface area contributed by atoms with E-state index in [1.807, 2.05) is 12.1 Å². The zero-order valence-corrected chi connectivity index (χ0v) is 9.33. The number of allylic oxidation sites excluding steroid dienone is 4. The number of nitrogens with two attached hydrogens (primary N) is 1. The molecular weight excluding hydrogens is 182 g/mol. The first kappa shape index (κ1) is 10.0. The van der Waals surface area contributed by atoms with Gasteiger partial charge in [0.05, 0.1) is 0 Å². The zero-order valence-electron chi connectivity index (χ0n) is 9.33. The number of hydrogen-bond acceptors (Lipinski definition) is 1. The van der Waals surface area contributed by atoms with Gasteiger partial charge in [-0.05, 0) is 38.0 Å². The Morgan fingerprint density at radius 3 is 2.40 bits per heavy atom. The summed E-state index contributed by atoms with van der Waals surface area (Å²) in [5.74, 6) is 0.536. The van der Waals surface area contributed by atoms with Crippen molar-refractivity contribution in [3.63, 3.8) is 0 Å². The topological polar surface area (TPSA) is 26.0 Å². The second kappa shape index (κ2) is 3.93. The molecule has 1 nitrogen and oxygen atoms in total. The molecule has 0 saturated heterocycles. The predicted molar refractivity (Wildman–Crippen MR) is 65.7 cm³/mol. The molecular formula is C14H17N. The van der Waals surface area contributed by atoms with Gasteiger partial charge in [0, 0.05) is 11.6 Å². The van der Waals surface area contributed by atoms with Gasteiger partial charge in [-0.3, -0.25) is 0 Å². The number of benzene rings is 1. The Morgan fingerprint density at radius 1 is 1.13 bits per heavy atom. The molecule has 0 aromatic heterocycles. The fourth-order valence-corrected chi connectivity index (χ4v) is 2.14. The lowest BCUT2D eigenvalue weighted by atomic mass is 9.84. The molecule has 15 heavy (non-hydrogen) atoms. The van der Waals surface area contributed by atoms with Crippen molar-refractivity contribution in [2.45, 2.75) is 26.2 Å². The minimum Gasteiger partial charge on any atom is -0.399 e. The molecule has 0 amide bonds. The predicted octanol–water partition coefficient (Wildman–Crippen LogP) is 3.65. The molecule has 0 fully saturated rings. The lowest BCUT2D eigenvalue weighted by Gasteiger charge is -2.21. The van der Waals surface area contributed by atoms with E-state index in [2.05, 4.69) is 38.1 Å². The minimum atomic E-state index is 0.536. The van der Waals surface area contributed by atoms with Gasteiger partial charge in [0.25, 0.3) is 0 Å². The van der Waals surface area contributed by atoms with Crippen molar-refractivity contribution in [1.82, 2.24) is 0 Å². The quantitative estimate of drug-likeness (QED) is 0.686. The molecule has 78 valence electrons. The van der Waals surface area contributed by atoms with Crippen molar-refractivity contribution in [2.75, 3.05) is 5.73 Å². The lowest BCUT2D eigenvalue weighted by molar-refractivity contribution is 0.790. The highest BCUT2D eigenvalue weighted by molar-refractivity contribution is 5.43. The molecule has 0 spiro atoms. The summed E-state index contributed by atoms with van der Waals surface area (Å²) in [5, 5.41) is 0. The Bertz CT molecular complexity index is 409. The zero-order chi connectivity index (χ0) is 10.8. The molecule has 1 atom stereocenters. The van der Waals surface area contributed by atoms with Gasteiger partial charge in [0.15, 0.2) is 0 Å². The molecule has 1 aliphatic rings. The van der Waals surface area contributed by atoms with Crippen molar-refractivity contribution < 1.29 is 0 Å². The first-order valence-electron chi connectivity index (χ1n) is 5.37. The molecule has 1 unspecified atom stereocenters. The standard InChI is InChI=1S/C14H17N/c1-10-3-8-14(11(2)9-10)12-4-6-13(15)7-5-12/h3-7,9,14H,8,15H2,1-2H3. The molecule has 0 heterocycles. The fraction of sp³-hybridized carbons (Fsp3) is 0.286. The van der Waals surface area contributed by atoms with E-state index in [0.29, 0.717) is 5.92 Å². The third-order valence-electron chi connectivity index (χ3n) is 3.02. The average Bonchev–Trinajstić information content (AvgIpc) is 2.20. The Hall–Kier alpha value is -1.50. The molecule has 1 aromatic carbocycles. The van der Waals surface area contributed by atoms with Crippen LogP contribution in [0.4, 0.5) is 5.69 Å². The van der Waals surface area contributed by atoms with Crippen LogP contribution in [-0.2, 0) is 0 Å². The van der Waals surface area contributed by atoms with E-state index in [4.69, 9.17) is 5.73 Å². The van der Waals surface area contributed by atoms with E-state index < -0.39 is 0 Å². The van der Waals surface area contributed by atoms with Crippen LogP contribution in [0.2, 0.25) is 0 Å². The molecule has 2 N–H and O–H groups in total. The van der Waals surface area contributed by atoms with Crippen LogP contribution in [0.15, 0.2) is 47.6 Å². The smallest absolute Gasteiger partial charge is 0.0314 e. The van der Waals surface area contributed by atoms with Gasteiger partial charge < -0.3 is 5.73 Å². The van der Waals surface area contributed by atoms with E-state index in [1.165, 1.54) is 16.7 Å². The van der Waals surface area contributed by atoms with Gasteiger partial charge in [0.2, 0.25) is 0 Å². The van der Waals surface area contributed by atoms with Gasteiger partial charge in [-0.25, -0.2) is 0 Å². The molecule has 0 saturated carbocycles. The summed E-state index contributed by atoms with van der Waals surface area (Å²) < 4.78 is 0. The number of nitrogen functional groups attached to an aromatic ring is 1. The molecule has 1 aliphatic carbocycles.